The SMILES string of the molecule is c1ccc(-c2ccc3c(-c4cccc5ccccc45)c4cc(-c5ccccc5)ccc4c(-c4cccc5ccccc45)c3c2)cc1. The van der Waals surface area contributed by atoms with Crippen molar-refractivity contribution in [3.05, 3.63) is 182 Å². The zero-order chi connectivity index (χ0) is 30.5. The van der Waals surface area contributed by atoms with Gasteiger partial charge >= 0.3 is 0 Å². The second-order valence-corrected chi connectivity index (χ2v) is 12.1. The maximum atomic E-state index is 2.42. The van der Waals surface area contributed by atoms with E-state index < -0.39 is 0 Å². The lowest BCUT2D eigenvalue weighted by atomic mass is 9.82. The fraction of sp³-hybridized carbons (Fsp3) is 0. The van der Waals surface area contributed by atoms with E-state index in [4.69, 9.17) is 0 Å². The molecule has 9 aromatic rings. The zero-order valence-corrected chi connectivity index (χ0v) is 25.3. The molecule has 0 N–H and O–H groups in total. The quantitative estimate of drug-likeness (QED) is 0.181. The highest BCUT2D eigenvalue weighted by Crippen LogP contribution is 2.48. The smallest absolute Gasteiger partial charge is 0.00199 e. The summed E-state index contributed by atoms with van der Waals surface area (Å²) in [6, 6.07) is 66.6. The molecule has 0 atom stereocenters. The minimum absolute atomic E-state index is 1.22. The minimum atomic E-state index is 1.22. The van der Waals surface area contributed by atoms with Gasteiger partial charge in [-0.15, -0.1) is 0 Å². The first-order valence-corrected chi connectivity index (χ1v) is 15.9. The van der Waals surface area contributed by atoms with E-state index in [1.54, 1.807) is 0 Å². The highest BCUT2D eigenvalue weighted by atomic mass is 14.2. The molecule has 0 aliphatic heterocycles. The van der Waals surface area contributed by atoms with Gasteiger partial charge in [-0.1, -0.05) is 170 Å². The van der Waals surface area contributed by atoms with Crippen LogP contribution in [0.15, 0.2) is 182 Å². The van der Waals surface area contributed by atoms with Crippen molar-refractivity contribution >= 4 is 43.1 Å². The zero-order valence-electron chi connectivity index (χ0n) is 25.3. The first kappa shape index (κ1) is 26.4. The molecule has 0 radical (unpaired) electrons. The van der Waals surface area contributed by atoms with Crippen molar-refractivity contribution in [2.45, 2.75) is 0 Å². The Hall–Kier alpha value is -5.98. The van der Waals surface area contributed by atoms with Crippen molar-refractivity contribution in [1.29, 1.82) is 0 Å². The van der Waals surface area contributed by atoms with E-state index in [1.165, 1.54) is 87.6 Å². The Morgan fingerprint density at radius 3 is 1.07 bits per heavy atom. The van der Waals surface area contributed by atoms with Crippen LogP contribution in [0.1, 0.15) is 0 Å². The summed E-state index contributed by atoms with van der Waals surface area (Å²) in [6.07, 6.45) is 0. The van der Waals surface area contributed by atoms with Crippen LogP contribution in [0.3, 0.4) is 0 Å². The van der Waals surface area contributed by atoms with Crippen LogP contribution < -0.4 is 0 Å². The van der Waals surface area contributed by atoms with Gasteiger partial charge in [-0.25, -0.2) is 0 Å². The third-order valence-electron chi connectivity index (χ3n) is 9.45. The van der Waals surface area contributed by atoms with Crippen molar-refractivity contribution in [3.63, 3.8) is 0 Å². The lowest BCUT2D eigenvalue weighted by Crippen LogP contribution is -1.94. The van der Waals surface area contributed by atoms with Gasteiger partial charge in [-0.2, -0.15) is 0 Å². The Morgan fingerprint density at radius 1 is 0.217 bits per heavy atom. The summed E-state index contributed by atoms with van der Waals surface area (Å²) in [5.41, 5.74) is 9.97. The summed E-state index contributed by atoms with van der Waals surface area (Å²) in [6.45, 7) is 0. The molecule has 0 amide bonds. The molecule has 0 heteroatoms. The maximum absolute atomic E-state index is 2.42. The Balaban J connectivity index is 1.50. The molecule has 0 nitrogen and oxygen atoms in total. The van der Waals surface area contributed by atoms with E-state index in [2.05, 4.69) is 182 Å². The van der Waals surface area contributed by atoms with Gasteiger partial charge in [0.15, 0.2) is 0 Å². The monoisotopic (exact) mass is 582 g/mol. The number of hydrogen-bond acceptors (Lipinski definition) is 0. The third-order valence-corrected chi connectivity index (χ3v) is 9.45. The van der Waals surface area contributed by atoms with Gasteiger partial charge < -0.3 is 0 Å². The van der Waals surface area contributed by atoms with Gasteiger partial charge in [0.05, 0.1) is 0 Å². The van der Waals surface area contributed by atoms with Crippen LogP contribution in [0.4, 0.5) is 0 Å². The number of benzene rings is 9. The molecule has 46 heavy (non-hydrogen) atoms. The molecule has 0 fully saturated rings. The van der Waals surface area contributed by atoms with Crippen LogP contribution in [0.5, 0.6) is 0 Å². The topological polar surface area (TPSA) is 0 Å². The van der Waals surface area contributed by atoms with Gasteiger partial charge in [0.1, 0.15) is 0 Å². The third kappa shape index (κ3) is 4.30. The molecule has 0 saturated heterocycles. The summed E-state index contributed by atoms with van der Waals surface area (Å²) < 4.78 is 0. The summed E-state index contributed by atoms with van der Waals surface area (Å²) in [7, 11) is 0. The molecule has 0 unspecified atom stereocenters. The van der Waals surface area contributed by atoms with Crippen LogP contribution in [0.2, 0.25) is 0 Å². The van der Waals surface area contributed by atoms with E-state index in [-0.39, 0.29) is 0 Å². The molecule has 0 spiro atoms. The first-order valence-electron chi connectivity index (χ1n) is 15.9. The molecule has 0 aliphatic rings. The molecular weight excluding hydrogens is 553 g/mol. The van der Waals surface area contributed by atoms with Crippen molar-refractivity contribution in [2.75, 3.05) is 0 Å². The lowest BCUT2D eigenvalue weighted by molar-refractivity contribution is 1.63. The largest absolute Gasteiger partial charge is 0.0622 e. The Kier molecular flexibility index (Phi) is 6.25. The average Bonchev–Trinajstić information content (AvgIpc) is 3.14. The van der Waals surface area contributed by atoms with E-state index in [0.717, 1.165) is 0 Å². The molecule has 0 aliphatic carbocycles. The maximum Gasteiger partial charge on any atom is -0.00199 e. The van der Waals surface area contributed by atoms with Gasteiger partial charge in [-0.3, -0.25) is 0 Å². The lowest BCUT2D eigenvalue weighted by Gasteiger charge is -2.21. The number of fused-ring (bicyclic) bond motifs is 4. The molecule has 214 valence electrons. The summed E-state index contributed by atoms with van der Waals surface area (Å²) in [4.78, 5) is 0. The van der Waals surface area contributed by atoms with Crippen molar-refractivity contribution in [3.8, 4) is 44.5 Å². The number of rotatable bonds is 4. The van der Waals surface area contributed by atoms with Gasteiger partial charge in [0.2, 0.25) is 0 Å². The second-order valence-electron chi connectivity index (χ2n) is 12.1. The Labute approximate surface area is 268 Å². The molecule has 0 bridgehead atoms. The Bertz CT molecular complexity index is 2370. The van der Waals surface area contributed by atoms with Gasteiger partial charge in [-0.05, 0) is 99.7 Å². The molecule has 9 aromatic carbocycles. The highest BCUT2D eigenvalue weighted by Gasteiger charge is 2.20. The molecular formula is C46H30. The fourth-order valence-electron chi connectivity index (χ4n) is 7.32. The molecule has 0 aromatic heterocycles. The molecule has 9 rings (SSSR count). The normalized spacial score (nSPS) is 11.5. The van der Waals surface area contributed by atoms with Crippen LogP contribution >= 0.6 is 0 Å². The summed E-state index contributed by atoms with van der Waals surface area (Å²) >= 11 is 0. The van der Waals surface area contributed by atoms with Crippen molar-refractivity contribution in [2.24, 2.45) is 0 Å². The second kappa shape index (κ2) is 10.9. The highest BCUT2D eigenvalue weighted by molar-refractivity contribution is 6.26. The van der Waals surface area contributed by atoms with Crippen molar-refractivity contribution in [1.82, 2.24) is 0 Å². The minimum Gasteiger partial charge on any atom is -0.0622 e. The summed E-state index contributed by atoms with van der Waals surface area (Å²) in [5.74, 6) is 0. The van der Waals surface area contributed by atoms with Crippen molar-refractivity contribution < 1.29 is 0 Å². The van der Waals surface area contributed by atoms with Crippen LogP contribution in [-0.2, 0) is 0 Å². The van der Waals surface area contributed by atoms with Gasteiger partial charge in [0.25, 0.3) is 0 Å². The standard InChI is InChI=1S/C46H30/c1-3-13-31(14-4-1)35-25-27-41-43(29-35)45(39-23-11-19-33-17-7-9-21-37(33)39)42-28-26-36(32-15-5-2-6-16-32)30-44(42)46(41)40-24-12-20-34-18-8-10-22-38(34)40/h1-30H. The first-order chi connectivity index (χ1) is 22.8. The summed E-state index contributed by atoms with van der Waals surface area (Å²) in [5, 5.41) is 10.1. The average molecular weight is 583 g/mol. The van der Waals surface area contributed by atoms with Crippen LogP contribution in [0.25, 0.3) is 87.6 Å². The fourth-order valence-corrected chi connectivity index (χ4v) is 7.32. The van der Waals surface area contributed by atoms with E-state index >= 15 is 0 Å². The van der Waals surface area contributed by atoms with E-state index in [9.17, 15) is 0 Å². The van der Waals surface area contributed by atoms with Crippen LogP contribution in [-0.4, -0.2) is 0 Å². The van der Waals surface area contributed by atoms with Gasteiger partial charge in [0, 0.05) is 0 Å². The Morgan fingerprint density at radius 2 is 0.609 bits per heavy atom. The van der Waals surface area contributed by atoms with E-state index in [1.807, 2.05) is 0 Å². The predicted molar refractivity (Wildman–Crippen MR) is 198 cm³/mol. The molecule has 0 heterocycles. The molecule has 0 saturated carbocycles. The number of hydrogen-bond donors (Lipinski definition) is 0. The van der Waals surface area contributed by atoms with Crippen LogP contribution in [0, 0.1) is 0 Å². The predicted octanol–water partition coefficient (Wildman–Crippen LogP) is 13.0. The van der Waals surface area contributed by atoms with E-state index in [0.29, 0.717) is 0 Å².